The summed E-state index contributed by atoms with van der Waals surface area (Å²) in [6.07, 6.45) is 8.00. The van der Waals surface area contributed by atoms with Crippen molar-refractivity contribution in [2.24, 2.45) is 34.5 Å². The van der Waals surface area contributed by atoms with Crippen LogP contribution in [-0.2, 0) is 62.0 Å². The third kappa shape index (κ3) is 32.4. The second-order valence-electron chi connectivity index (χ2n) is 28.7. The van der Waals surface area contributed by atoms with Gasteiger partial charge in [-0.1, -0.05) is 173 Å². The molecule has 0 spiro atoms. The van der Waals surface area contributed by atoms with Crippen molar-refractivity contribution in [1.82, 2.24) is 41.0 Å². The highest BCUT2D eigenvalue weighted by molar-refractivity contribution is 6.68. The standard InChI is InChI=1S/C35H47Cl3N4O7.C21H34Cl3N3O6.C19H23NO4.2CH4/c1-21(2)29(30(44)39-22(3)31(45)42-16-7-8-26(19-42)32(46)49-20-35(36,37)38)41-33(47)34(5,15-17-48-6)14-13-24-9-10-25-11-12-27(23(4)43)40-28(25)18-24;1-12(2)15(26-19(31)33-20(4,5)6)16(28)25-13(3)17(29)27-9-7-8-14(10-27)18(30)32-11-21(22,23)24;1-13(21)16-7-6-15-5-4-14(12-17(15)20-16)8-9-19(2,18(22)23)10-11-24-3;;/h9-14,18,21-23,26,29,43H,7-8,15-17,19-20H2,1-6H3,(H,39,44)(H,41,47);12-15H,7-11H2,1-6H3,(H,25,28)(H,26,31);4-9,12-13,21H,10-11H2,1-3H3,(H,22,23);2*1H4/b14-13+;;9-8+;;/t22-,23+,26+,29-,34?;13-,14+,15-;13-,19?;;/m001../s1. The second-order valence-corrected chi connectivity index (χ2v) is 33.8. The fraction of sp³-hybridized carbons (Fsp3) is 0.597. The highest BCUT2D eigenvalue weighted by Crippen LogP contribution is 2.32. The van der Waals surface area contributed by atoms with Crippen molar-refractivity contribution < 1.29 is 82.2 Å². The Morgan fingerprint density at radius 1 is 0.556 bits per heavy atom. The maximum atomic E-state index is 13.8. The number of nitrogens with one attached hydrogen (secondary N) is 4. The molecule has 0 saturated carbocycles. The van der Waals surface area contributed by atoms with E-state index in [1.165, 1.54) is 9.80 Å². The molecule has 2 aliphatic heterocycles. The molecule has 2 fully saturated rings. The molecular weight excluding hydrogens is 1520 g/mol. The average molecular weight is 1630 g/mol. The van der Waals surface area contributed by atoms with Gasteiger partial charge < -0.3 is 70.1 Å². The zero-order chi connectivity index (χ0) is 79.8. The zero-order valence-electron chi connectivity index (χ0n) is 62.9. The van der Waals surface area contributed by atoms with E-state index in [2.05, 4.69) is 31.2 Å². The molecule has 4 heterocycles. The number of aliphatic carboxylic acids is 1. The van der Waals surface area contributed by atoms with Crippen molar-refractivity contribution >= 4 is 157 Å². The van der Waals surface area contributed by atoms with Crippen LogP contribution in [0.25, 0.3) is 34.0 Å². The van der Waals surface area contributed by atoms with Gasteiger partial charge in [0.2, 0.25) is 37.1 Å². The van der Waals surface area contributed by atoms with Crippen molar-refractivity contribution in [3.63, 3.8) is 0 Å². The molecular formula is C77H112Cl6N8O17. The summed E-state index contributed by atoms with van der Waals surface area (Å²) >= 11 is 33.9. The number of amides is 6. The number of fused-ring (bicyclic) bond motifs is 2. The average Bonchev–Trinajstić information content (AvgIpc) is 0.825. The summed E-state index contributed by atoms with van der Waals surface area (Å²) in [6.45, 7) is 23.2. The van der Waals surface area contributed by atoms with Crippen LogP contribution in [0, 0.1) is 34.5 Å². The number of nitrogens with zero attached hydrogens (tertiary/aromatic N) is 4. The monoisotopic (exact) mass is 1630 g/mol. The van der Waals surface area contributed by atoms with E-state index in [4.69, 9.17) is 93.3 Å². The molecule has 604 valence electrons. The summed E-state index contributed by atoms with van der Waals surface area (Å²) in [7, 11) is 3.11. The van der Waals surface area contributed by atoms with Crippen molar-refractivity contribution in [3.05, 3.63) is 95.3 Å². The number of methoxy groups -OCH3 is 2. The van der Waals surface area contributed by atoms with Gasteiger partial charge in [-0.05, 0) is 148 Å². The normalized spacial score (nSPS) is 17.6. The predicted octanol–water partition coefficient (Wildman–Crippen LogP) is 13.0. The maximum absolute atomic E-state index is 13.8. The van der Waals surface area contributed by atoms with E-state index in [1.807, 2.05) is 54.6 Å². The first-order valence-corrected chi connectivity index (χ1v) is 37.3. The van der Waals surface area contributed by atoms with E-state index < -0.39 is 115 Å². The third-order valence-corrected chi connectivity index (χ3v) is 18.1. The van der Waals surface area contributed by atoms with Crippen LogP contribution in [0.4, 0.5) is 4.79 Å². The number of ether oxygens (including phenoxy) is 5. The van der Waals surface area contributed by atoms with Crippen molar-refractivity contribution in [2.45, 2.75) is 193 Å². The Hall–Kier alpha value is -6.65. The Morgan fingerprint density at radius 2 is 0.926 bits per heavy atom. The molecule has 0 radical (unpaired) electrons. The van der Waals surface area contributed by atoms with E-state index in [0.717, 1.165) is 27.4 Å². The van der Waals surface area contributed by atoms with Crippen molar-refractivity contribution in [3.8, 4) is 0 Å². The van der Waals surface area contributed by atoms with Crippen LogP contribution in [-0.4, -0.2) is 193 Å². The number of alkyl carbamates (subject to hydrolysis) is 1. The molecule has 2 aromatic carbocycles. The lowest BCUT2D eigenvalue weighted by molar-refractivity contribution is -0.153. The van der Waals surface area contributed by atoms with Gasteiger partial charge in [0, 0.05) is 64.4 Å². The number of halogens is 6. The molecule has 2 unspecified atom stereocenters. The van der Waals surface area contributed by atoms with Gasteiger partial charge in [0.1, 0.15) is 43.0 Å². The number of aliphatic hydroxyl groups is 2. The number of carbonyl (C=O) groups excluding carboxylic acids is 8. The summed E-state index contributed by atoms with van der Waals surface area (Å²) in [6, 6.07) is 15.2. The lowest BCUT2D eigenvalue weighted by atomic mass is 9.84. The van der Waals surface area contributed by atoms with Gasteiger partial charge in [-0.2, -0.15) is 0 Å². The highest BCUT2D eigenvalue weighted by atomic mass is 35.6. The number of likely N-dealkylation sites (tertiary alicyclic amines) is 2. The Bertz CT molecular complexity index is 3710. The van der Waals surface area contributed by atoms with Crippen LogP contribution < -0.4 is 21.3 Å². The van der Waals surface area contributed by atoms with E-state index >= 15 is 0 Å². The fourth-order valence-electron chi connectivity index (χ4n) is 11.1. The number of hydrogen-bond acceptors (Lipinski definition) is 18. The number of esters is 2. The lowest BCUT2D eigenvalue weighted by Gasteiger charge is -2.34. The molecule has 6 amide bonds. The molecule has 2 aliphatic rings. The van der Waals surface area contributed by atoms with Crippen LogP contribution in [0.1, 0.15) is 178 Å². The molecule has 7 N–H and O–H groups in total. The predicted molar refractivity (Wildman–Crippen MR) is 424 cm³/mol. The highest BCUT2D eigenvalue weighted by Gasteiger charge is 2.39. The Morgan fingerprint density at radius 3 is 1.28 bits per heavy atom. The minimum Gasteiger partial charge on any atom is -0.481 e. The van der Waals surface area contributed by atoms with Crippen molar-refractivity contribution in [1.29, 1.82) is 0 Å². The zero-order valence-corrected chi connectivity index (χ0v) is 67.4. The SMILES string of the molecule is C.C.CC(C)[C@H](NC(=O)OC(C)(C)C)C(=O)N[C@@H](C)C(=O)N1CCC[C@@H](C(=O)OCC(Cl)(Cl)Cl)C1.COCCC(C)(/C=C/c1ccc2ccc([C@@H](C)O)nc2c1)C(=O)N[C@H](C(=O)N[C@@H](C)C(=O)N1CCC[C@@H](C(=O)OCC(Cl)(Cl)Cl)C1)C(C)C.COCCC(C)(/C=C/c1ccc2ccc([C@@H](C)O)nc2c1)C(=O)O. The minimum absolute atomic E-state index is 0. The summed E-state index contributed by atoms with van der Waals surface area (Å²) in [5.74, 6) is -5.76. The van der Waals surface area contributed by atoms with Crippen LogP contribution in [0.2, 0.25) is 0 Å². The quantitative estimate of drug-likeness (QED) is 0.0158. The number of carboxylic acid groups (broad SMARTS) is 1. The van der Waals surface area contributed by atoms with Gasteiger partial charge in [0.05, 0.1) is 57.3 Å². The molecule has 4 aromatic rings. The molecule has 0 bridgehead atoms. The number of piperidine rings is 2. The van der Waals surface area contributed by atoms with E-state index in [-0.39, 0.29) is 64.1 Å². The summed E-state index contributed by atoms with van der Waals surface area (Å²) in [5.41, 5.74) is 1.57. The van der Waals surface area contributed by atoms with Gasteiger partial charge in [-0.15, -0.1) is 0 Å². The molecule has 6 rings (SSSR count). The number of hydrogen-bond donors (Lipinski definition) is 7. The number of carbonyl (C=O) groups is 9. The maximum Gasteiger partial charge on any atom is 0.408 e. The molecule has 31 heteroatoms. The summed E-state index contributed by atoms with van der Waals surface area (Å²) in [4.78, 5) is 127. The number of benzene rings is 2. The van der Waals surface area contributed by atoms with Crippen LogP contribution in [0.5, 0.6) is 0 Å². The third-order valence-electron chi connectivity index (χ3n) is 17.5. The van der Waals surface area contributed by atoms with E-state index in [0.29, 0.717) is 81.7 Å². The van der Waals surface area contributed by atoms with Gasteiger partial charge in [-0.25, -0.2) is 4.79 Å². The fourth-order valence-corrected chi connectivity index (χ4v) is 11.4. The van der Waals surface area contributed by atoms with E-state index in [1.54, 1.807) is 135 Å². The topological polar surface area (TPSA) is 341 Å². The first kappa shape index (κ1) is 97.4. The van der Waals surface area contributed by atoms with Gasteiger partial charge in [0.25, 0.3) is 0 Å². The smallest absolute Gasteiger partial charge is 0.408 e. The van der Waals surface area contributed by atoms with Gasteiger partial charge >= 0.3 is 24.0 Å². The summed E-state index contributed by atoms with van der Waals surface area (Å²) in [5, 5.41) is 41.8. The lowest BCUT2D eigenvalue weighted by Crippen LogP contribution is -2.57. The number of carboxylic acids is 1. The molecule has 25 nitrogen and oxygen atoms in total. The Kier molecular flexibility index (Phi) is 40.1. The Balaban J connectivity index is 0.000000582. The molecule has 0 aliphatic carbocycles. The summed E-state index contributed by atoms with van der Waals surface area (Å²) < 4.78 is 22.2. The van der Waals surface area contributed by atoms with Gasteiger partial charge in [-0.3, -0.25) is 48.3 Å². The number of aliphatic hydroxyl groups excluding tert-OH is 2. The first-order valence-electron chi connectivity index (χ1n) is 35.0. The number of aromatic nitrogens is 2. The number of rotatable bonds is 28. The van der Waals surface area contributed by atoms with Crippen molar-refractivity contribution in [2.75, 3.05) is 66.8 Å². The van der Waals surface area contributed by atoms with Crippen LogP contribution in [0.3, 0.4) is 0 Å². The molecule has 2 saturated heterocycles. The van der Waals surface area contributed by atoms with Gasteiger partial charge in [0.15, 0.2) is 0 Å². The number of pyridine rings is 2. The van der Waals surface area contributed by atoms with Crippen LogP contribution in [0.15, 0.2) is 72.8 Å². The molecule has 10 atom stereocenters. The number of alkyl halides is 6. The Labute approximate surface area is 665 Å². The minimum atomic E-state index is -1.74. The molecule has 2 aromatic heterocycles. The second kappa shape index (κ2) is 44.4. The van der Waals surface area contributed by atoms with Crippen LogP contribution >= 0.6 is 69.6 Å². The van der Waals surface area contributed by atoms with E-state index in [9.17, 15) is 58.5 Å². The first-order chi connectivity index (χ1) is 49.3. The largest absolute Gasteiger partial charge is 0.481 e. The molecule has 108 heavy (non-hydrogen) atoms.